The van der Waals surface area contributed by atoms with Crippen LogP contribution in [0.5, 0.6) is 0 Å². The fourth-order valence-electron chi connectivity index (χ4n) is 0. The number of hydrogen-bond acceptors (Lipinski definition) is 1. The summed E-state index contributed by atoms with van der Waals surface area (Å²) in [5.74, 6) is 0. The number of phosphoric acid groups is 1. The minimum absolute atomic E-state index is 0. The van der Waals surface area contributed by atoms with Gasteiger partial charge in [0.15, 0.2) is 0 Å². The molecular weight excluding hydrogens is 222 g/mol. The Morgan fingerprint density at radius 1 is 1.22 bits per heavy atom. The number of halogens is 2. The van der Waals surface area contributed by atoms with Crippen molar-refractivity contribution in [3.05, 3.63) is 0 Å². The summed E-state index contributed by atoms with van der Waals surface area (Å²) in [5, 5.41) is 0. The zero-order valence-corrected chi connectivity index (χ0v) is 8.77. The summed E-state index contributed by atoms with van der Waals surface area (Å²) in [6.07, 6.45) is 9.90. The predicted octanol–water partition coefficient (Wildman–Crippen LogP) is -0.755. The van der Waals surface area contributed by atoms with Gasteiger partial charge in [-0.25, -0.2) is 4.57 Å². The van der Waals surface area contributed by atoms with Crippen molar-refractivity contribution in [2.24, 2.45) is 0 Å². The Kier molecular flexibility index (Phi) is 18.9. The normalized spacial score (nSPS) is 7.67. The van der Waals surface area contributed by atoms with Gasteiger partial charge >= 0.3 is 51.4 Å². The molecular formula is H5CaCl2O5P. The molecule has 9 heteroatoms. The molecule has 5 nitrogen and oxygen atoms in total. The van der Waals surface area contributed by atoms with Crippen LogP contribution in [-0.2, 0) is 4.57 Å². The second-order valence-corrected chi connectivity index (χ2v) is 5.29. The van der Waals surface area contributed by atoms with Crippen molar-refractivity contribution >= 4 is 51.4 Å². The summed E-state index contributed by atoms with van der Waals surface area (Å²) < 4.78 is 8.88. The second kappa shape index (κ2) is 9.91. The Morgan fingerprint density at radius 3 is 1.22 bits per heavy atom. The first-order chi connectivity index (χ1) is 3.41. The molecule has 0 fully saturated rings. The van der Waals surface area contributed by atoms with Crippen LogP contribution in [0.2, 0.25) is 0 Å². The van der Waals surface area contributed by atoms with Crippen molar-refractivity contribution in [3.63, 3.8) is 0 Å². The van der Waals surface area contributed by atoms with Gasteiger partial charge in [0.1, 0.15) is 0 Å². The SMILES string of the molecule is O.O=P(O)(O)O.[Cl][Ca][Cl]. The van der Waals surface area contributed by atoms with Gasteiger partial charge in [0.2, 0.25) is 0 Å². The van der Waals surface area contributed by atoms with E-state index in [1.165, 1.54) is 0 Å². The Labute approximate surface area is 75.3 Å². The molecule has 0 atom stereocenters. The minimum atomic E-state index is -4.64. The second-order valence-electron chi connectivity index (χ2n) is 0.614. The van der Waals surface area contributed by atoms with Crippen molar-refractivity contribution in [1.29, 1.82) is 0 Å². The summed E-state index contributed by atoms with van der Waals surface area (Å²) in [6.45, 7) is 0. The third-order valence-corrected chi connectivity index (χ3v) is 0. The van der Waals surface area contributed by atoms with Gasteiger partial charge in [0, 0.05) is 0 Å². The van der Waals surface area contributed by atoms with E-state index in [9.17, 15) is 0 Å². The van der Waals surface area contributed by atoms with Crippen LogP contribution in [0.15, 0.2) is 0 Å². The molecule has 0 aliphatic rings. The van der Waals surface area contributed by atoms with Gasteiger partial charge in [0.25, 0.3) is 0 Å². The molecule has 0 heterocycles. The first kappa shape index (κ1) is 17.1. The first-order valence-corrected chi connectivity index (χ1v) is 8.96. The third-order valence-electron chi connectivity index (χ3n) is 0. The molecule has 0 aliphatic carbocycles. The summed E-state index contributed by atoms with van der Waals surface area (Å²) in [5.41, 5.74) is 0. The summed E-state index contributed by atoms with van der Waals surface area (Å²) >= 11 is -0.931. The van der Waals surface area contributed by atoms with E-state index >= 15 is 0 Å². The van der Waals surface area contributed by atoms with Gasteiger partial charge < -0.3 is 20.2 Å². The molecule has 0 unspecified atom stereocenters. The zero-order valence-electron chi connectivity index (χ0n) is 4.16. The van der Waals surface area contributed by atoms with Gasteiger partial charge in [-0.2, -0.15) is 0 Å². The van der Waals surface area contributed by atoms with Crippen molar-refractivity contribution < 1.29 is 24.7 Å². The standard InChI is InChI=1S/Ca.2ClH.H3O4P.H2O/c;;;1-5(2,3)4;/h;2*1H;(H3,1,2,3,4);1H2/q+2;;;;/p-2. The molecule has 0 spiro atoms. The van der Waals surface area contributed by atoms with Crippen LogP contribution in [0.3, 0.4) is 0 Å². The van der Waals surface area contributed by atoms with Crippen molar-refractivity contribution in [2.45, 2.75) is 0 Å². The van der Waals surface area contributed by atoms with Gasteiger partial charge in [-0.05, 0) is 0 Å². The van der Waals surface area contributed by atoms with E-state index in [0.29, 0.717) is 0 Å². The zero-order chi connectivity index (χ0) is 7.21. The van der Waals surface area contributed by atoms with E-state index in [1.54, 1.807) is 0 Å². The number of rotatable bonds is 0. The van der Waals surface area contributed by atoms with Crippen LogP contribution in [0, 0.1) is 0 Å². The fraction of sp³-hybridized carbons (Fsp3) is 0. The molecule has 0 saturated carbocycles. The first-order valence-electron chi connectivity index (χ1n) is 1.32. The molecule has 0 saturated heterocycles. The van der Waals surface area contributed by atoms with Crippen LogP contribution in [-0.4, -0.2) is 51.0 Å². The van der Waals surface area contributed by atoms with Gasteiger partial charge in [-0.1, -0.05) is 0 Å². The van der Waals surface area contributed by atoms with E-state index < -0.39 is 38.7 Å². The van der Waals surface area contributed by atoms with Crippen molar-refractivity contribution in [3.8, 4) is 0 Å². The molecule has 0 aliphatic heterocycles. The molecule has 0 radical (unpaired) electrons. The van der Waals surface area contributed by atoms with Crippen LogP contribution in [0.1, 0.15) is 0 Å². The summed E-state index contributed by atoms with van der Waals surface area (Å²) in [4.78, 5) is 21.6. The quantitative estimate of drug-likeness (QED) is 0.373. The summed E-state index contributed by atoms with van der Waals surface area (Å²) in [7, 11) is -4.64. The molecule has 0 amide bonds. The monoisotopic (exact) mass is 226 g/mol. The molecule has 0 rings (SSSR count). The molecule has 0 aromatic rings. The van der Waals surface area contributed by atoms with Gasteiger partial charge in [-0.15, -0.1) is 0 Å². The van der Waals surface area contributed by atoms with Crippen molar-refractivity contribution in [1.82, 2.24) is 0 Å². The fourth-order valence-corrected chi connectivity index (χ4v) is 0. The Balaban J connectivity index is -0.0000000800. The molecule has 0 aromatic heterocycles. The van der Waals surface area contributed by atoms with E-state index in [-0.39, 0.29) is 5.48 Å². The van der Waals surface area contributed by atoms with Crippen LogP contribution >= 0.6 is 20.6 Å². The summed E-state index contributed by atoms with van der Waals surface area (Å²) in [6, 6.07) is 0. The molecule has 0 bridgehead atoms. The van der Waals surface area contributed by atoms with Gasteiger partial charge in [0.05, 0.1) is 0 Å². The molecule has 56 valence electrons. The maximum absolute atomic E-state index is 8.88. The Morgan fingerprint density at radius 2 is 1.22 bits per heavy atom. The van der Waals surface area contributed by atoms with E-state index in [0.717, 1.165) is 0 Å². The number of hydrogen-bond donors (Lipinski definition) is 3. The van der Waals surface area contributed by atoms with Crippen molar-refractivity contribution in [2.75, 3.05) is 0 Å². The van der Waals surface area contributed by atoms with E-state index in [4.69, 9.17) is 32.0 Å². The van der Waals surface area contributed by atoms with E-state index in [2.05, 4.69) is 0 Å². The Bertz CT molecular complexity index is 70.8. The third kappa shape index (κ3) is 170. The topological polar surface area (TPSA) is 109 Å². The van der Waals surface area contributed by atoms with Crippen LogP contribution < -0.4 is 0 Å². The van der Waals surface area contributed by atoms with Crippen LogP contribution in [0.25, 0.3) is 0 Å². The van der Waals surface area contributed by atoms with Crippen LogP contribution in [0.4, 0.5) is 0 Å². The molecule has 0 aromatic carbocycles. The maximum atomic E-state index is 8.88. The molecule has 5 N–H and O–H groups in total. The predicted molar refractivity (Wildman–Crippen MR) is 35.3 cm³/mol. The average Bonchev–Trinajstić information content (AvgIpc) is 1.27. The van der Waals surface area contributed by atoms with Gasteiger partial charge in [-0.3, -0.25) is 0 Å². The van der Waals surface area contributed by atoms with E-state index in [1.807, 2.05) is 0 Å². The average molecular weight is 227 g/mol. The Hall–Kier alpha value is 1.91. The molecule has 9 heavy (non-hydrogen) atoms.